The van der Waals surface area contributed by atoms with Crippen LogP contribution >= 0.6 is 0 Å². The summed E-state index contributed by atoms with van der Waals surface area (Å²) in [5, 5.41) is 0. The molecule has 0 saturated carbocycles. The van der Waals surface area contributed by atoms with Crippen molar-refractivity contribution >= 4 is 3.81 Å². The number of hydrogen-bond donors (Lipinski definition) is 0. The molecule has 4 aromatic carbocycles. The van der Waals surface area contributed by atoms with Crippen LogP contribution < -0.4 is 0 Å². The van der Waals surface area contributed by atoms with E-state index in [2.05, 4.69) is 127 Å². The fourth-order valence-corrected chi connectivity index (χ4v) is 11.0. The third-order valence-corrected chi connectivity index (χ3v) is 11.9. The van der Waals surface area contributed by atoms with Crippen molar-refractivity contribution in [1.82, 2.24) is 0 Å². The summed E-state index contributed by atoms with van der Waals surface area (Å²) in [7, 11) is 0. The van der Waals surface area contributed by atoms with Gasteiger partial charge in [-0.05, 0) is 0 Å². The van der Waals surface area contributed by atoms with Gasteiger partial charge in [0.05, 0.1) is 0 Å². The van der Waals surface area contributed by atoms with Crippen molar-refractivity contribution in [2.45, 2.75) is 10.6 Å². The SMILES string of the molecule is C1=CC[C]([Ti](=[C](c2ccccc2)c2ccccc2)[CH]2c3ccccc3-c3ccccc32)=C1. The van der Waals surface area contributed by atoms with Gasteiger partial charge in [0.2, 0.25) is 0 Å². The number of hydrogen-bond acceptors (Lipinski definition) is 0. The molecule has 0 aliphatic heterocycles. The van der Waals surface area contributed by atoms with E-state index in [9.17, 15) is 0 Å². The zero-order valence-electron chi connectivity index (χ0n) is 17.9. The van der Waals surface area contributed by atoms with Gasteiger partial charge in [0.1, 0.15) is 0 Å². The predicted molar refractivity (Wildman–Crippen MR) is 132 cm³/mol. The summed E-state index contributed by atoms with van der Waals surface area (Å²) in [5.41, 5.74) is 8.63. The maximum absolute atomic E-state index is 2.42. The molecule has 0 unspecified atom stereocenters. The number of rotatable bonds is 4. The first kappa shape index (κ1) is 19.6. The molecule has 4 aromatic rings. The second-order valence-electron chi connectivity index (χ2n) is 8.45. The summed E-state index contributed by atoms with van der Waals surface area (Å²) in [6, 6.07) is 40.5. The molecule has 0 nitrogen and oxygen atoms in total. The van der Waals surface area contributed by atoms with Gasteiger partial charge in [-0.25, -0.2) is 0 Å². The van der Waals surface area contributed by atoms with Crippen molar-refractivity contribution in [3.8, 4) is 11.1 Å². The molecule has 0 amide bonds. The van der Waals surface area contributed by atoms with Crippen molar-refractivity contribution in [2.75, 3.05) is 0 Å². The minimum atomic E-state index is -2.05. The van der Waals surface area contributed by atoms with Crippen molar-refractivity contribution in [3.05, 3.63) is 154 Å². The van der Waals surface area contributed by atoms with E-state index in [-0.39, 0.29) is 0 Å². The van der Waals surface area contributed by atoms with E-state index in [0.29, 0.717) is 4.22 Å². The van der Waals surface area contributed by atoms with Crippen LogP contribution in [-0.4, -0.2) is 3.81 Å². The normalized spacial score (nSPS) is 14.1. The molecule has 0 spiro atoms. The van der Waals surface area contributed by atoms with Gasteiger partial charge in [0.25, 0.3) is 0 Å². The zero-order valence-corrected chi connectivity index (χ0v) is 19.5. The molecule has 0 atom stereocenters. The Morgan fingerprint density at radius 2 is 1.09 bits per heavy atom. The first-order chi connectivity index (χ1) is 15.9. The van der Waals surface area contributed by atoms with Gasteiger partial charge in [-0.3, -0.25) is 0 Å². The van der Waals surface area contributed by atoms with Gasteiger partial charge < -0.3 is 0 Å². The summed E-state index contributed by atoms with van der Waals surface area (Å²) < 4.78 is 3.70. The molecule has 2 aliphatic carbocycles. The Kier molecular flexibility index (Phi) is 5.19. The van der Waals surface area contributed by atoms with E-state index < -0.39 is 17.4 Å². The Labute approximate surface area is 195 Å². The molecular weight excluding hydrogens is 420 g/mol. The average molecular weight is 444 g/mol. The fraction of sp³-hybridized carbons (Fsp3) is 0.0645. The molecule has 0 fully saturated rings. The van der Waals surface area contributed by atoms with E-state index in [1.807, 2.05) is 0 Å². The van der Waals surface area contributed by atoms with Crippen LogP contribution in [0.2, 0.25) is 0 Å². The Morgan fingerprint density at radius 3 is 1.59 bits per heavy atom. The standard InChI is InChI=1S/C13H9.C13H10.C5H5.Ti/c1-3-7-12-10(5-1)9-11-6-2-4-8-13(11)12;1-3-7-12(8-4-1)11-13-9-5-2-6-10-13;1-2-4-5-3-1;/h1-9H;1-10H;1-3H,4H2;. The van der Waals surface area contributed by atoms with Crippen LogP contribution in [0.25, 0.3) is 11.1 Å². The zero-order chi connectivity index (χ0) is 21.3. The third-order valence-electron chi connectivity index (χ3n) is 6.63. The van der Waals surface area contributed by atoms with Gasteiger partial charge in [-0.15, -0.1) is 0 Å². The summed E-state index contributed by atoms with van der Waals surface area (Å²) in [6.07, 6.45) is 8.11. The van der Waals surface area contributed by atoms with Crippen molar-refractivity contribution < 1.29 is 17.4 Å². The first-order valence-corrected chi connectivity index (χ1v) is 13.8. The fourth-order valence-electron chi connectivity index (χ4n) is 5.29. The molecule has 0 aromatic heterocycles. The quantitative estimate of drug-likeness (QED) is 0.286. The Hall–Kier alpha value is -3.06. The Morgan fingerprint density at radius 1 is 0.594 bits per heavy atom. The summed E-state index contributed by atoms with van der Waals surface area (Å²) in [6.45, 7) is 0. The van der Waals surface area contributed by atoms with E-state index in [1.54, 1.807) is 7.69 Å². The molecule has 1 heteroatoms. The first-order valence-electron chi connectivity index (χ1n) is 11.3. The van der Waals surface area contributed by atoms with E-state index in [1.165, 1.54) is 33.4 Å². The van der Waals surface area contributed by atoms with Crippen molar-refractivity contribution in [2.24, 2.45) is 0 Å². The molecule has 32 heavy (non-hydrogen) atoms. The van der Waals surface area contributed by atoms with Crippen LogP contribution in [-0.2, 0) is 17.4 Å². The van der Waals surface area contributed by atoms with Gasteiger partial charge in [-0.1, -0.05) is 0 Å². The van der Waals surface area contributed by atoms with Crippen molar-refractivity contribution in [3.63, 3.8) is 0 Å². The molecule has 6 rings (SSSR count). The number of benzene rings is 4. The second-order valence-corrected chi connectivity index (χ2v) is 12.4. The molecule has 0 bridgehead atoms. The molecule has 2 aliphatic rings. The molecule has 0 saturated heterocycles. The number of fused-ring (bicyclic) bond motifs is 3. The monoisotopic (exact) mass is 444 g/mol. The van der Waals surface area contributed by atoms with E-state index >= 15 is 0 Å². The van der Waals surface area contributed by atoms with Crippen molar-refractivity contribution in [1.29, 1.82) is 0 Å². The molecule has 0 radical (unpaired) electrons. The second kappa shape index (κ2) is 8.47. The Balaban J connectivity index is 1.72. The van der Waals surface area contributed by atoms with E-state index in [0.717, 1.165) is 6.42 Å². The van der Waals surface area contributed by atoms with E-state index in [4.69, 9.17) is 0 Å². The molecular formula is C31H24Ti. The van der Waals surface area contributed by atoms with Crippen LogP contribution in [0.4, 0.5) is 0 Å². The Bertz CT molecular complexity index is 1290. The van der Waals surface area contributed by atoms with Crippen LogP contribution in [0.1, 0.15) is 32.9 Å². The van der Waals surface area contributed by atoms with Crippen LogP contribution in [0.15, 0.2) is 131 Å². The topological polar surface area (TPSA) is 0 Å². The molecule has 0 heterocycles. The van der Waals surface area contributed by atoms with Gasteiger partial charge in [0, 0.05) is 0 Å². The third kappa shape index (κ3) is 3.32. The van der Waals surface area contributed by atoms with Crippen LogP contribution in [0, 0.1) is 0 Å². The number of allylic oxidation sites excluding steroid dienone is 4. The molecule has 152 valence electrons. The maximum atomic E-state index is 2.42. The summed E-state index contributed by atoms with van der Waals surface area (Å²) in [5.74, 6) is 0. The summed E-state index contributed by atoms with van der Waals surface area (Å²) >= 11 is -2.05. The minimum absolute atomic E-state index is 0.462. The van der Waals surface area contributed by atoms with Crippen LogP contribution in [0.5, 0.6) is 0 Å². The average Bonchev–Trinajstić information content (AvgIpc) is 3.51. The van der Waals surface area contributed by atoms with Gasteiger partial charge in [-0.2, -0.15) is 0 Å². The van der Waals surface area contributed by atoms with Gasteiger partial charge in [0.15, 0.2) is 0 Å². The molecule has 0 N–H and O–H groups in total. The van der Waals surface area contributed by atoms with Gasteiger partial charge >= 0.3 is 197 Å². The van der Waals surface area contributed by atoms with Crippen LogP contribution in [0.3, 0.4) is 0 Å². The summed E-state index contributed by atoms with van der Waals surface area (Å²) in [4.78, 5) is 0. The predicted octanol–water partition coefficient (Wildman–Crippen LogP) is 7.49.